The Bertz CT molecular complexity index is 1950. The predicted molar refractivity (Wildman–Crippen MR) is 149 cm³/mol. The number of ether oxygens (including phenoxy) is 1. The largest absolute Gasteiger partial charge is 0.463 e. The molecule has 12 nitrogen and oxygen atoms in total. The molecule has 0 bridgehead atoms. The van der Waals surface area contributed by atoms with Crippen molar-refractivity contribution in [2.24, 2.45) is 4.99 Å². The summed E-state index contributed by atoms with van der Waals surface area (Å²) in [5.41, 5.74) is 0.708. The van der Waals surface area contributed by atoms with Crippen molar-refractivity contribution in [3.05, 3.63) is 123 Å². The molecule has 0 radical (unpaired) electrons. The number of carbonyl (C=O) groups is 1. The Morgan fingerprint density at radius 1 is 1.10 bits per heavy atom. The first kappa shape index (κ1) is 27.4. The molecule has 1 atom stereocenters. The van der Waals surface area contributed by atoms with Crippen molar-refractivity contribution in [2.75, 3.05) is 6.61 Å². The summed E-state index contributed by atoms with van der Waals surface area (Å²) < 4.78 is 12.6. The van der Waals surface area contributed by atoms with Crippen LogP contribution in [0.2, 0.25) is 0 Å². The highest BCUT2D eigenvalue weighted by molar-refractivity contribution is 7.07. The molecule has 0 saturated carbocycles. The van der Waals surface area contributed by atoms with Crippen LogP contribution in [0, 0.1) is 27.2 Å². The summed E-state index contributed by atoms with van der Waals surface area (Å²) in [6.45, 7) is 4.95. The molecule has 0 fully saturated rings. The molecule has 5 rings (SSSR count). The lowest BCUT2D eigenvalue weighted by Crippen LogP contribution is -2.40. The van der Waals surface area contributed by atoms with Crippen molar-refractivity contribution in [1.29, 1.82) is 0 Å². The molecular formula is C28H22N4O8S. The Labute approximate surface area is 235 Å². The van der Waals surface area contributed by atoms with Gasteiger partial charge in [-0.05, 0) is 44.5 Å². The number of allylic oxidation sites excluding steroid dienone is 1. The predicted octanol–water partition coefficient (Wildman–Crippen LogP) is 4.18. The molecule has 0 unspecified atom stereocenters. The Morgan fingerprint density at radius 3 is 2.54 bits per heavy atom. The fourth-order valence-electron chi connectivity index (χ4n) is 4.65. The number of para-hydroxylation sites is 1. The van der Waals surface area contributed by atoms with E-state index < -0.39 is 27.4 Å². The zero-order valence-electron chi connectivity index (χ0n) is 22.0. The van der Waals surface area contributed by atoms with Gasteiger partial charge in [-0.25, -0.2) is 9.79 Å². The molecule has 13 heteroatoms. The Kier molecular flexibility index (Phi) is 7.20. The Morgan fingerprint density at radius 2 is 1.83 bits per heavy atom. The Balaban J connectivity index is 1.67. The highest BCUT2D eigenvalue weighted by atomic mass is 32.1. The lowest BCUT2D eigenvalue weighted by molar-refractivity contribution is -0.385. The number of hydrogen-bond acceptors (Lipinski definition) is 10. The van der Waals surface area contributed by atoms with Gasteiger partial charge in [-0.15, -0.1) is 0 Å². The van der Waals surface area contributed by atoms with Gasteiger partial charge in [0, 0.05) is 23.8 Å². The number of fused-ring (bicyclic) bond motifs is 1. The van der Waals surface area contributed by atoms with Gasteiger partial charge < -0.3 is 9.15 Å². The van der Waals surface area contributed by atoms with Crippen LogP contribution in [-0.2, 0) is 9.53 Å². The van der Waals surface area contributed by atoms with Gasteiger partial charge in [0.05, 0.1) is 43.9 Å². The molecule has 0 amide bonds. The Hall–Kier alpha value is -5.17. The standard InChI is InChI=1S/C28H22N4O8S/c1-4-39-27(34)24-16(3)29-28-30(25(24)17-10-9-15(2)21(13-17)32(37)38)26(33)23(41-28)14-18-11-12-22(40-18)19-7-5-6-8-20(19)31(35)36/h5-14,25H,4H2,1-3H3/b23-14+/t25-/m0/s1. The molecule has 4 aromatic rings. The van der Waals surface area contributed by atoms with E-state index >= 15 is 0 Å². The van der Waals surface area contributed by atoms with Gasteiger partial charge in [0.2, 0.25) is 0 Å². The van der Waals surface area contributed by atoms with Crippen LogP contribution >= 0.6 is 11.3 Å². The number of esters is 1. The van der Waals surface area contributed by atoms with Gasteiger partial charge in [-0.3, -0.25) is 29.6 Å². The number of nitrogens with zero attached hydrogens (tertiary/aromatic N) is 4. The lowest BCUT2D eigenvalue weighted by atomic mass is 9.94. The van der Waals surface area contributed by atoms with Gasteiger partial charge in [0.1, 0.15) is 11.5 Å². The summed E-state index contributed by atoms with van der Waals surface area (Å²) in [6.07, 6.45) is 1.49. The van der Waals surface area contributed by atoms with Gasteiger partial charge >= 0.3 is 5.97 Å². The maximum absolute atomic E-state index is 13.8. The van der Waals surface area contributed by atoms with Crippen molar-refractivity contribution in [3.63, 3.8) is 0 Å². The van der Waals surface area contributed by atoms with Crippen molar-refractivity contribution < 1.29 is 23.8 Å². The number of benzene rings is 2. The zero-order valence-corrected chi connectivity index (χ0v) is 22.8. The zero-order chi connectivity index (χ0) is 29.4. The van der Waals surface area contributed by atoms with Gasteiger partial charge in [0.25, 0.3) is 16.9 Å². The summed E-state index contributed by atoms with van der Waals surface area (Å²) >= 11 is 1.05. The highest BCUT2D eigenvalue weighted by Crippen LogP contribution is 2.34. The van der Waals surface area contributed by atoms with Gasteiger partial charge in [-0.1, -0.05) is 35.6 Å². The van der Waals surface area contributed by atoms with E-state index in [-0.39, 0.29) is 50.0 Å². The van der Waals surface area contributed by atoms with Crippen LogP contribution in [0.4, 0.5) is 11.4 Å². The maximum Gasteiger partial charge on any atom is 0.338 e. The molecular weight excluding hydrogens is 552 g/mol. The number of furan rings is 1. The first-order valence-corrected chi connectivity index (χ1v) is 13.2. The number of hydrogen-bond donors (Lipinski definition) is 0. The number of nitro groups is 2. The molecule has 3 heterocycles. The maximum atomic E-state index is 13.8. The summed E-state index contributed by atoms with van der Waals surface area (Å²) in [6, 6.07) is 12.8. The monoisotopic (exact) mass is 574 g/mol. The van der Waals surface area contributed by atoms with Crippen molar-refractivity contribution in [3.8, 4) is 11.3 Å². The highest BCUT2D eigenvalue weighted by Gasteiger charge is 2.34. The van der Waals surface area contributed by atoms with E-state index in [1.54, 1.807) is 63.2 Å². The quantitative estimate of drug-likeness (QED) is 0.180. The van der Waals surface area contributed by atoms with Crippen molar-refractivity contribution in [1.82, 2.24) is 4.57 Å². The lowest BCUT2D eigenvalue weighted by Gasteiger charge is -2.24. The van der Waals surface area contributed by atoms with E-state index in [9.17, 15) is 29.8 Å². The third-order valence-electron chi connectivity index (χ3n) is 6.53. The molecule has 41 heavy (non-hydrogen) atoms. The SMILES string of the molecule is CCOC(=O)C1=C(C)N=c2s/c(=C/c3ccc(-c4ccccc4[N+](=O)[O-])o3)c(=O)n2[C@H]1c1ccc(C)c([N+](=O)[O-])c1. The van der Waals surface area contributed by atoms with Crippen LogP contribution in [0.5, 0.6) is 0 Å². The van der Waals surface area contributed by atoms with E-state index in [0.717, 1.165) is 11.3 Å². The van der Waals surface area contributed by atoms with E-state index in [0.29, 0.717) is 16.8 Å². The summed E-state index contributed by atoms with van der Waals surface area (Å²) in [5.74, 6) is -0.162. The van der Waals surface area contributed by atoms with Gasteiger partial charge in [-0.2, -0.15) is 0 Å². The number of aryl methyl sites for hydroxylation is 1. The average Bonchev–Trinajstić information content (AvgIpc) is 3.52. The van der Waals surface area contributed by atoms with E-state index in [2.05, 4.69) is 4.99 Å². The van der Waals surface area contributed by atoms with E-state index in [4.69, 9.17) is 9.15 Å². The number of thiazole rings is 1. The first-order chi connectivity index (χ1) is 19.6. The normalized spacial score (nSPS) is 14.9. The summed E-state index contributed by atoms with van der Waals surface area (Å²) in [7, 11) is 0. The van der Waals surface area contributed by atoms with Crippen LogP contribution in [-0.4, -0.2) is 27.0 Å². The molecule has 0 saturated heterocycles. The minimum Gasteiger partial charge on any atom is -0.463 e. The topological polar surface area (TPSA) is 160 Å². The number of nitro benzene ring substituents is 2. The molecule has 208 valence electrons. The number of rotatable bonds is 7. The van der Waals surface area contributed by atoms with Crippen molar-refractivity contribution in [2.45, 2.75) is 26.8 Å². The second kappa shape index (κ2) is 10.8. The van der Waals surface area contributed by atoms with Crippen molar-refractivity contribution >= 4 is 34.8 Å². The first-order valence-electron chi connectivity index (χ1n) is 12.4. The van der Waals surface area contributed by atoms with Crippen LogP contribution in [0.1, 0.15) is 36.8 Å². The summed E-state index contributed by atoms with van der Waals surface area (Å²) in [4.78, 5) is 53.7. The van der Waals surface area contributed by atoms with Crippen LogP contribution in [0.25, 0.3) is 17.4 Å². The third-order valence-corrected chi connectivity index (χ3v) is 7.51. The molecule has 0 N–H and O–H groups in total. The van der Waals surface area contributed by atoms with Crippen LogP contribution < -0.4 is 14.9 Å². The molecule has 2 aromatic heterocycles. The minimum atomic E-state index is -1.02. The van der Waals surface area contributed by atoms with E-state index in [1.807, 2.05) is 0 Å². The van der Waals surface area contributed by atoms with E-state index in [1.165, 1.54) is 22.8 Å². The number of aromatic nitrogens is 1. The average molecular weight is 575 g/mol. The fraction of sp³-hybridized carbons (Fsp3) is 0.179. The second-order valence-electron chi connectivity index (χ2n) is 9.08. The van der Waals surface area contributed by atoms with Crippen LogP contribution in [0.15, 0.2) is 80.1 Å². The van der Waals surface area contributed by atoms with Gasteiger partial charge in [0.15, 0.2) is 4.80 Å². The second-order valence-corrected chi connectivity index (χ2v) is 10.1. The molecule has 0 spiro atoms. The molecule has 1 aliphatic heterocycles. The summed E-state index contributed by atoms with van der Waals surface area (Å²) in [5, 5.41) is 23.1. The smallest absolute Gasteiger partial charge is 0.338 e. The third kappa shape index (κ3) is 4.98. The molecule has 1 aliphatic rings. The fourth-order valence-corrected chi connectivity index (χ4v) is 5.67. The van der Waals surface area contributed by atoms with Crippen LogP contribution in [0.3, 0.4) is 0 Å². The molecule has 2 aromatic carbocycles. The minimum absolute atomic E-state index is 0.0845. The number of carbonyl (C=O) groups excluding carboxylic acids is 1. The molecule has 0 aliphatic carbocycles.